The van der Waals surface area contributed by atoms with E-state index < -0.39 is 17.4 Å². The summed E-state index contributed by atoms with van der Waals surface area (Å²) in [6.07, 6.45) is 1.00. The lowest BCUT2D eigenvalue weighted by molar-refractivity contribution is -0.161. The second-order valence-electron chi connectivity index (χ2n) is 8.16. The van der Waals surface area contributed by atoms with Crippen molar-refractivity contribution in [3.05, 3.63) is 108 Å². The topological polar surface area (TPSA) is 66.8 Å². The van der Waals surface area contributed by atoms with Gasteiger partial charge in [0, 0.05) is 6.54 Å². The summed E-state index contributed by atoms with van der Waals surface area (Å²) in [5, 5.41) is 10.2. The number of hydrogen-bond donors (Lipinski definition) is 1. The lowest BCUT2D eigenvalue weighted by Crippen LogP contribution is -2.57. The van der Waals surface area contributed by atoms with Gasteiger partial charge in [0.15, 0.2) is 5.54 Å². The summed E-state index contributed by atoms with van der Waals surface area (Å²) in [7, 11) is 0. The highest BCUT2D eigenvalue weighted by molar-refractivity contribution is 5.93. The molecule has 1 atom stereocenters. The molecule has 164 valence electrons. The summed E-state index contributed by atoms with van der Waals surface area (Å²) < 4.78 is 5.87. The summed E-state index contributed by atoms with van der Waals surface area (Å²) in [4.78, 5) is 27.9. The van der Waals surface area contributed by atoms with E-state index in [4.69, 9.17) is 4.74 Å². The van der Waals surface area contributed by atoms with Crippen LogP contribution in [-0.2, 0) is 20.9 Å². The average molecular weight is 430 g/mol. The fraction of sp³-hybridized carbons (Fsp3) is 0.259. The first kappa shape index (κ1) is 21.8. The molecule has 5 heteroatoms. The van der Waals surface area contributed by atoms with E-state index in [9.17, 15) is 14.7 Å². The standard InChI is InChI=1S/C27H27NO4/c29-25(24(22-13-6-2-7-14-22)23-15-8-3-9-16-23)28-18-10-17-27(28,26(30)31)20-32-19-21-11-4-1-5-12-21/h1-9,11-16,24H,10,17-20H2,(H,30,31). The number of ether oxygens (including phenoxy) is 1. The van der Waals surface area contributed by atoms with Crippen molar-refractivity contribution in [2.45, 2.75) is 30.9 Å². The van der Waals surface area contributed by atoms with Gasteiger partial charge < -0.3 is 14.7 Å². The average Bonchev–Trinajstić information content (AvgIpc) is 3.27. The summed E-state index contributed by atoms with van der Waals surface area (Å²) in [5.41, 5.74) is 1.30. The Labute approximate surface area is 188 Å². The van der Waals surface area contributed by atoms with E-state index >= 15 is 0 Å². The van der Waals surface area contributed by atoms with Gasteiger partial charge in [-0.05, 0) is 29.5 Å². The van der Waals surface area contributed by atoms with Gasteiger partial charge in [-0.1, -0.05) is 91.0 Å². The predicted octanol–water partition coefficient (Wildman–Crippen LogP) is 4.48. The maximum absolute atomic E-state index is 13.9. The van der Waals surface area contributed by atoms with Gasteiger partial charge in [-0.2, -0.15) is 0 Å². The number of nitrogens with zero attached hydrogens (tertiary/aromatic N) is 1. The molecular formula is C27H27NO4. The van der Waals surface area contributed by atoms with Gasteiger partial charge in [-0.15, -0.1) is 0 Å². The van der Waals surface area contributed by atoms with Crippen molar-refractivity contribution in [3.8, 4) is 0 Å². The molecule has 1 unspecified atom stereocenters. The zero-order valence-corrected chi connectivity index (χ0v) is 17.9. The van der Waals surface area contributed by atoms with Crippen LogP contribution in [0.5, 0.6) is 0 Å². The lowest BCUT2D eigenvalue weighted by Gasteiger charge is -2.37. The smallest absolute Gasteiger partial charge is 0.332 e. The van der Waals surface area contributed by atoms with E-state index in [0.29, 0.717) is 26.0 Å². The molecule has 1 heterocycles. The molecule has 1 aliphatic heterocycles. The van der Waals surface area contributed by atoms with Gasteiger partial charge >= 0.3 is 5.97 Å². The van der Waals surface area contributed by atoms with Gasteiger partial charge in [0.05, 0.1) is 19.1 Å². The normalized spacial score (nSPS) is 18.1. The zero-order chi connectivity index (χ0) is 22.4. The first-order valence-corrected chi connectivity index (χ1v) is 10.9. The molecule has 3 aromatic carbocycles. The Morgan fingerprint density at radius 1 is 0.875 bits per heavy atom. The number of hydrogen-bond acceptors (Lipinski definition) is 3. The van der Waals surface area contributed by atoms with E-state index in [0.717, 1.165) is 16.7 Å². The van der Waals surface area contributed by atoms with Crippen molar-refractivity contribution in [1.82, 2.24) is 4.90 Å². The number of aliphatic carboxylic acids is 1. The Hall–Kier alpha value is -3.44. The Balaban J connectivity index is 1.62. The Morgan fingerprint density at radius 3 is 1.94 bits per heavy atom. The van der Waals surface area contributed by atoms with E-state index in [1.54, 1.807) is 0 Å². The Morgan fingerprint density at radius 2 is 1.41 bits per heavy atom. The molecule has 5 nitrogen and oxygen atoms in total. The number of benzene rings is 3. The molecular weight excluding hydrogens is 402 g/mol. The Kier molecular flexibility index (Phi) is 6.66. The highest BCUT2D eigenvalue weighted by Crippen LogP contribution is 2.36. The van der Waals surface area contributed by atoms with Crippen LogP contribution in [0.15, 0.2) is 91.0 Å². The minimum absolute atomic E-state index is 0.0424. The molecule has 32 heavy (non-hydrogen) atoms. The van der Waals surface area contributed by atoms with E-state index in [1.165, 1.54) is 4.90 Å². The number of amides is 1. The van der Waals surface area contributed by atoms with Gasteiger partial charge in [0.2, 0.25) is 5.91 Å². The van der Waals surface area contributed by atoms with Crippen LogP contribution in [0.4, 0.5) is 0 Å². The molecule has 0 aliphatic carbocycles. The second-order valence-corrected chi connectivity index (χ2v) is 8.16. The number of carboxylic acid groups (broad SMARTS) is 1. The lowest BCUT2D eigenvalue weighted by atomic mass is 9.88. The number of likely N-dealkylation sites (tertiary alicyclic amines) is 1. The summed E-state index contributed by atoms with van der Waals surface area (Å²) >= 11 is 0. The molecule has 0 saturated carbocycles. The quantitative estimate of drug-likeness (QED) is 0.573. The molecule has 1 amide bonds. The third kappa shape index (κ3) is 4.43. The van der Waals surface area contributed by atoms with Crippen LogP contribution < -0.4 is 0 Å². The monoisotopic (exact) mass is 429 g/mol. The fourth-order valence-corrected chi connectivity index (χ4v) is 4.47. The number of carboxylic acids is 1. The van der Waals surface area contributed by atoms with Crippen molar-refractivity contribution in [2.24, 2.45) is 0 Å². The molecule has 4 rings (SSSR count). The number of rotatable bonds is 8. The van der Waals surface area contributed by atoms with Crippen LogP contribution in [0.25, 0.3) is 0 Å². The van der Waals surface area contributed by atoms with E-state index in [-0.39, 0.29) is 12.5 Å². The highest BCUT2D eigenvalue weighted by Gasteiger charge is 2.51. The summed E-state index contributed by atoms with van der Waals surface area (Å²) in [6.45, 7) is 0.661. The minimum Gasteiger partial charge on any atom is -0.479 e. The van der Waals surface area contributed by atoms with Gasteiger partial charge in [0.25, 0.3) is 0 Å². The molecule has 1 N–H and O–H groups in total. The maximum atomic E-state index is 13.9. The number of carbonyl (C=O) groups excluding carboxylic acids is 1. The largest absolute Gasteiger partial charge is 0.479 e. The van der Waals surface area contributed by atoms with Gasteiger partial charge in [-0.3, -0.25) is 4.79 Å². The summed E-state index contributed by atoms with van der Waals surface area (Å²) in [5.74, 6) is -1.79. The molecule has 3 aromatic rings. The van der Waals surface area contributed by atoms with Crippen molar-refractivity contribution in [3.63, 3.8) is 0 Å². The molecule has 1 aliphatic rings. The fourth-order valence-electron chi connectivity index (χ4n) is 4.47. The third-order valence-corrected chi connectivity index (χ3v) is 6.12. The molecule has 1 fully saturated rings. The van der Waals surface area contributed by atoms with Crippen LogP contribution in [0, 0.1) is 0 Å². The van der Waals surface area contributed by atoms with Gasteiger partial charge in [-0.25, -0.2) is 4.79 Å². The van der Waals surface area contributed by atoms with Crippen LogP contribution in [0.2, 0.25) is 0 Å². The van der Waals surface area contributed by atoms with Crippen molar-refractivity contribution >= 4 is 11.9 Å². The first-order valence-electron chi connectivity index (χ1n) is 10.9. The molecule has 0 aromatic heterocycles. The maximum Gasteiger partial charge on any atom is 0.332 e. The molecule has 1 saturated heterocycles. The predicted molar refractivity (Wildman–Crippen MR) is 122 cm³/mol. The molecule has 0 bridgehead atoms. The van der Waals surface area contributed by atoms with Crippen molar-refractivity contribution < 1.29 is 19.4 Å². The van der Waals surface area contributed by atoms with Crippen LogP contribution >= 0.6 is 0 Å². The van der Waals surface area contributed by atoms with Crippen LogP contribution in [-0.4, -0.2) is 40.6 Å². The van der Waals surface area contributed by atoms with Crippen LogP contribution in [0.1, 0.15) is 35.4 Å². The minimum atomic E-state index is -1.37. The highest BCUT2D eigenvalue weighted by atomic mass is 16.5. The first-order chi connectivity index (χ1) is 15.6. The third-order valence-electron chi connectivity index (χ3n) is 6.12. The molecule has 0 radical (unpaired) electrons. The zero-order valence-electron chi connectivity index (χ0n) is 17.9. The second kappa shape index (κ2) is 9.79. The van der Waals surface area contributed by atoms with Crippen molar-refractivity contribution in [1.29, 1.82) is 0 Å². The number of carbonyl (C=O) groups is 2. The van der Waals surface area contributed by atoms with Crippen molar-refractivity contribution in [2.75, 3.05) is 13.2 Å². The SMILES string of the molecule is O=C(C(c1ccccc1)c1ccccc1)N1CCCC1(COCc1ccccc1)C(=O)O. The van der Waals surface area contributed by atoms with Gasteiger partial charge in [0.1, 0.15) is 0 Å². The van der Waals surface area contributed by atoms with Crippen LogP contribution in [0.3, 0.4) is 0 Å². The van der Waals surface area contributed by atoms with E-state index in [2.05, 4.69) is 0 Å². The van der Waals surface area contributed by atoms with E-state index in [1.807, 2.05) is 91.0 Å². The Bertz CT molecular complexity index is 1000. The summed E-state index contributed by atoms with van der Waals surface area (Å²) in [6, 6.07) is 28.7. The molecule has 0 spiro atoms.